The first-order chi connectivity index (χ1) is 12.0. The number of benzene rings is 1. The van der Waals surface area contributed by atoms with Gasteiger partial charge in [-0.25, -0.2) is 4.79 Å². The molecule has 0 saturated carbocycles. The van der Waals surface area contributed by atoms with Crippen LogP contribution in [0.15, 0.2) is 40.1 Å². The van der Waals surface area contributed by atoms with Gasteiger partial charge in [-0.05, 0) is 12.5 Å². The van der Waals surface area contributed by atoms with Crippen molar-refractivity contribution in [3.8, 4) is 0 Å². The van der Waals surface area contributed by atoms with Crippen LogP contribution in [0.3, 0.4) is 0 Å². The maximum absolute atomic E-state index is 13.5. The van der Waals surface area contributed by atoms with Crippen molar-refractivity contribution in [1.82, 2.24) is 9.55 Å². The van der Waals surface area contributed by atoms with Crippen molar-refractivity contribution in [1.29, 1.82) is 0 Å². The summed E-state index contributed by atoms with van der Waals surface area (Å²) in [7, 11) is 0. The second-order valence-corrected chi connectivity index (χ2v) is 6.03. The van der Waals surface area contributed by atoms with Crippen LogP contribution in [0.1, 0.15) is 23.8 Å². The molecule has 1 aliphatic rings. The Morgan fingerprint density at radius 3 is 2.76 bits per heavy atom. The Kier molecular flexibility index (Phi) is 5.12. The molecule has 1 aliphatic heterocycles. The van der Waals surface area contributed by atoms with E-state index in [0.717, 1.165) is 21.9 Å². The van der Waals surface area contributed by atoms with E-state index in [1.807, 2.05) is 36.2 Å². The minimum atomic E-state index is -1.08. The molecule has 2 aromatic rings. The van der Waals surface area contributed by atoms with Gasteiger partial charge in [0.15, 0.2) is 0 Å². The van der Waals surface area contributed by atoms with E-state index in [0.29, 0.717) is 6.61 Å². The zero-order chi connectivity index (χ0) is 18.0. The molecule has 0 radical (unpaired) electrons. The second kappa shape index (κ2) is 7.30. The van der Waals surface area contributed by atoms with E-state index < -0.39 is 35.5 Å². The molecular formula is C17H19FN2O5. The van der Waals surface area contributed by atoms with Crippen LogP contribution in [-0.4, -0.2) is 33.5 Å². The third kappa shape index (κ3) is 3.87. The summed E-state index contributed by atoms with van der Waals surface area (Å²) in [5.41, 5.74) is 0.260. The highest BCUT2D eigenvalue weighted by atomic mass is 19.1. The van der Waals surface area contributed by atoms with E-state index in [-0.39, 0.29) is 13.0 Å². The number of aromatic amines is 1. The topological polar surface area (TPSA) is 93.6 Å². The van der Waals surface area contributed by atoms with Gasteiger partial charge >= 0.3 is 5.69 Å². The third-order valence-corrected chi connectivity index (χ3v) is 4.18. The number of nitrogens with one attached hydrogen (secondary N) is 1. The summed E-state index contributed by atoms with van der Waals surface area (Å²) in [6.07, 6.45) is -0.861. The van der Waals surface area contributed by atoms with Gasteiger partial charge in [0.25, 0.3) is 5.56 Å². The van der Waals surface area contributed by atoms with Crippen LogP contribution in [0.4, 0.5) is 4.39 Å². The lowest BCUT2D eigenvalue weighted by atomic mass is 10.1. The highest BCUT2D eigenvalue weighted by Crippen LogP contribution is 2.30. The molecule has 7 nitrogen and oxygen atoms in total. The second-order valence-electron chi connectivity index (χ2n) is 6.03. The maximum atomic E-state index is 13.5. The van der Waals surface area contributed by atoms with Gasteiger partial charge in [-0.3, -0.25) is 14.3 Å². The Labute approximate surface area is 142 Å². The number of aromatic nitrogens is 2. The predicted octanol–water partition coefficient (Wildman–Crippen LogP) is 0.849. The number of ether oxygens (including phenoxy) is 2. The summed E-state index contributed by atoms with van der Waals surface area (Å²) >= 11 is 0. The molecule has 3 atom stereocenters. The molecule has 25 heavy (non-hydrogen) atoms. The molecule has 1 fully saturated rings. The van der Waals surface area contributed by atoms with E-state index in [1.165, 1.54) is 0 Å². The van der Waals surface area contributed by atoms with Gasteiger partial charge in [0, 0.05) is 6.42 Å². The van der Waals surface area contributed by atoms with Crippen molar-refractivity contribution in [2.75, 3.05) is 6.61 Å². The van der Waals surface area contributed by atoms with E-state index >= 15 is 0 Å². The Morgan fingerprint density at radius 2 is 2.08 bits per heavy atom. The number of aryl methyl sites for hydroxylation is 1. The highest BCUT2D eigenvalue weighted by molar-refractivity contribution is 5.20. The molecule has 3 rings (SSSR count). The molecule has 1 aromatic carbocycles. The van der Waals surface area contributed by atoms with Crippen molar-refractivity contribution in [3.63, 3.8) is 0 Å². The molecule has 0 aliphatic carbocycles. The van der Waals surface area contributed by atoms with Gasteiger partial charge in [-0.15, -0.1) is 0 Å². The van der Waals surface area contributed by atoms with Gasteiger partial charge in [-0.1, -0.05) is 29.8 Å². The molecule has 2 N–H and O–H groups in total. The van der Waals surface area contributed by atoms with E-state index in [1.54, 1.807) is 0 Å². The fourth-order valence-electron chi connectivity index (χ4n) is 2.77. The zero-order valence-corrected chi connectivity index (χ0v) is 13.6. The highest BCUT2D eigenvalue weighted by Gasteiger charge is 2.37. The number of rotatable bonds is 5. The average Bonchev–Trinajstić information content (AvgIpc) is 3.00. The molecule has 2 heterocycles. The summed E-state index contributed by atoms with van der Waals surface area (Å²) in [6, 6.07) is 7.83. The maximum Gasteiger partial charge on any atom is 0.330 e. The molecule has 8 heteroatoms. The minimum absolute atomic E-state index is 0.252. The number of halogens is 1. The van der Waals surface area contributed by atoms with Gasteiger partial charge < -0.3 is 14.6 Å². The fraction of sp³-hybridized carbons (Fsp3) is 0.412. The van der Waals surface area contributed by atoms with Gasteiger partial charge in [0.1, 0.15) is 12.3 Å². The number of nitrogens with zero attached hydrogens (tertiary/aromatic N) is 1. The largest absolute Gasteiger partial charge is 0.394 e. The molecule has 0 bridgehead atoms. The zero-order valence-electron chi connectivity index (χ0n) is 13.6. The summed E-state index contributed by atoms with van der Waals surface area (Å²) < 4.78 is 25.8. The Balaban J connectivity index is 1.72. The van der Waals surface area contributed by atoms with Gasteiger partial charge in [0.2, 0.25) is 5.82 Å². The summed E-state index contributed by atoms with van der Waals surface area (Å²) in [5, 5.41) is 9.48. The fourth-order valence-corrected chi connectivity index (χ4v) is 2.77. The molecule has 1 aromatic heterocycles. The van der Waals surface area contributed by atoms with Crippen LogP contribution < -0.4 is 11.2 Å². The minimum Gasteiger partial charge on any atom is -0.394 e. The Bertz CT molecular complexity index is 845. The number of H-pyrrole nitrogens is 1. The van der Waals surface area contributed by atoms with Gasteiger partial charge in [0.05, 0.1) is 25.5 Å². The van der Waals surface area contributed by atoms with E-state index in [2.05, 4.69) is 0 Å². The van der Waals surface area contributed by atoms with Crippen LogP contribution in [-0.2, 0) is 16.1 Å². The first kappa shape index (κ1) is 17.5. The SMILES string of the molecule is Cc1ccc(COC2C[C@@H](n3cc(F)c(=O)[nH]c3=O)O[C@H]2CO)cc1. The standard InChI is InChI=1S/C17H19FN2O5/c1-10-2-4-11(5-3-10)9-24-13-6-15(25-14(13)8-21)20-7-12(18)16(22)19-17(20)23/h2-5,7,13-15,21H,6,8-9H2,1H3,(H,19,22,23)/t13?,14-,15-/m0/s1. The molecule has 0 amide bonds. The van der Waals surface area contributed by atoms with E-state index in [4.69, 9.17) is 9.47 Å². The van der Waals surface area contributed by atoms with Crippen LogP contribution in [0, 0.1) is 12.7 Å². The molecule has 1 saturated heterocycles. The summed E-state index contributed by atoms with van der Waals surface area (Å²) in [6.45, 7) is 2.02. The number of aliphatic hydroxyl groups is 1. The Hall–Kier alpha value is -2.29. The normalized spacial score (nSPS) is 23.1. The van der Waals surface area contributed by atoms with Crippen molar-refractivity contribution in [2.45, 2.75) is 38.4 Å². The van der Waals surface area contributed by atoms with Gasteiger partial charge in [-0.2, -0.15) is 4.39 Å². The van der Waals surface area contributed by atoms with Crippen molar-refractivity contribution in [2.24, 2.45) is 0 Å². The smallest absolute Gasteiger partial charge is 0.330 e. The molecule has 1 unspecified atom stereocenters. The monoisotopic (exact) mass is 350 g/mol. The van der Waals surface area contributed by atoms with E-state index in [9.17, 15) is 19.1 Å². The van der Waals surface area contributed by atoms with Crippen LogP contribution in [0.25, 0.3) is 0 Å². The predicted molar refractivity (Wildman–Crippen MR) is 86.6 cm³/mol. The Morgan fingerprint density at radius 1 is 1.36 bits per heavy atom. The van der Waals surface area contributed by atoms with Crippen LogP contribution in [0.2, 0.25) is 0 Å². The first-order valence-corrected chi connectivity index (χ1v) is 7.92. The number of hydrogen-bond acceptors (Lipinski definition) is 5. The number of hydrogen-bond donors (Lipinski definition) is 2. The van der Waals surface area contributed by atoms with Crippen LogP contribution >= 0.6 is 0 Å². The number of aliphatic hydroxyl groups excluding tert-OH is 1. The summed E-state index contributed by atoms with van der Waals surface area (Å²) in [4.78, 5) is 24.9. The average molecular weight is 350 g/mol. The lowest BCUT2D eigenvalue weighted by Crippen LogP contribution is -2.34. The van der Waals surface area contributed by atoms with Crippen molar-refractivity contribution in [3.05, 3.63) is 68.2 Å². The van der Waals surface area contributed by atoms with Crippen molar-refractivity contribution < 1.29 is 19.0 Å². The summed E-state index contributed by atoms with van der Waals surface area (Å²) in [5.74, 6) is -1.08. The lowest BCUT2D eigenvalue weighted by molar-refractivity contribution is -0.0659. The quantitative estimate of drug-likeness (QED) is 0.834. The molecule has 134 valence electrons. The molecule has 0 spiro atoms. The van der Waals surface area contributed by atoms with Crippen LogP contribution in [0.5, 0.6) is 0 Å². The lowest BCUT2D eigenvalue weighted by Gasteiger charge is -2.16. The third-order valence-electron chi connectivity index (χ3n) is 4.18. The van der Waals surface area contributed by atoms with Crippen molar-refractivity contribution >= 4 is 0 Å². The first-order valence-electron chi connectivity index (χ1n) is 7.92. The molecular weight excluding hydrogens is 331 g/mol.